The van der Waals surface area contributed by atoms with Crippen molar-refractivity contribution in [1.29, 1.82) is 0 Å². The number of rotatable bonds is 5. The molecule has 1 unspecified atom stereocenters. The van der Waals surface area contributed by atoms with Crippen molar-refractivity contribution in [2.24, 2.45) is 5.92 Å². The maximum atomic E-state index is 12.6. The number of piperidine rings is 1. The lowest BCUT2D eigenvalue weighted by molar-refractivity contribution is -0.384. The Morgan fingerprint density at radius 3 is 2.57 bits per heavy atom. The number of carbonyl (C=O) groups is 1. The Morgan fingerprint density at radius 2 is 1.93 bits per heavy atom. The van der Waals surface area contributed by atoms with Gasteiger partial charge in [0.1, 0.15) is 5.69 Å². The summed E-state index contributed by atoms with van der Waals surface area (Å²) in [5.41, 5.74) is 0.759. The number of nitro benzene ring substituents is 1. The monoisotopic (exact) mass is 403 g/mol. The maximum Gasteiger partial charge on any atom is 0.293 e. The Hall–Kier alpha value is -2.94. The van der Waals surface area contributed by atoms with Crippen molar-refractivity contribution >= 4 is 32.8 Å². The van der Waals surface area contributed by atoms with E-state index in [1.54, 1.807) is 17.0 Å². The van der Waals surface area contributed by atoms with Gasteiger partial charge < -0.3 is 10.2 Å². The average molecular weight is 403 g/mol. The van der Waals surface area contributed by atoms with Crippen LogP contribution < -0.4 is 10.2 Å². The van der Waals surface area contributed by atoms with Crippen LogP contribution in [0.15, 0.2) is 53.4 Å². The molecule has 1 fully saturated rings. The molecule has 1 atom stereocenters. The first-order chi connectivity index (χ1) is 13.3. The van der Waals surface area contributed by atoms with E-state index >= 15 is 0 Å². The predicted molar refractivity (Wildman–Crippen MR) is 106 cm³/mol. The number of carbonyl (C=O) groups excluding carboxylic acids is 1. The summed E-state index contributed by atoms with van der Waals surface area (Å²) < 4.78 is 23.4. The highest BCUT2D eigenvalue weighted by molar-refractivity contribution is 7.90. The summed E-state index contributed by atoms with van der Waals surface area (Å²) in [6.45, 7) is 0.895. The van der Waals surface area contributed by atoms with Crippen LogP contribution in [0.5, 0.6) is 0 Å². The van der Waals surface area contributed by atoms with Crippen molar-refractivity contribution in [1.82, 2.24) is 0 Å². The molecule has 1 amide bonds. The van der Waals surface area contributed by atoms with E-state index in [9.17, 15) is 23.3 Å². The van der Waals surface area contributed by atoms with E-state index in [4.69, 9.17) is 0 Å². The van der Waals surface area contributed by atoms with E-state index in [0.29, 0.717) is 37.3 Å². The molecule has 148 valence electrons. The highest BCUT2D eigenvalue weighted by Gasteiger charge is 2.30. The fourth-order valence-corrected chi connectivity index (χ4v) is 3.96. The molecule has 1 saturated heterocycles. The molecule has 2 aromatic carbocycles. The van der Waals surface area contributed by atoms with Gasteiger partial charge in [0.25, 0.3) is 5.69 Å². The minimum atomic E-state index is -3.55. The van der Waals surface area contributed by atoms with Crippen LogP contribution in [-0.2, 0) is 14.6 Å². The predicted octanol–water partition coefficient (Wildman–Crippen LogP) is 2.85. The smallest absolute Gasteiger partial charge is 0.293 e. The number of para-hydroxylation sites is 1. The summed E-state index contributed by atoms with van der Waals surface area (Å²) in [4.78, 5) is 25.2. The highest BCUT2D eigenvalue weighted by atomic mass is 32.2. The van der Waals surface area contributed by atoms with E-state index in [1.165, 1.54) is 12.1 Å². The Bertz CT molecular complexity index is 992. The van der Waals surface area contributed by atoms with Gasteiger partial charge in [0.15, 0.2) is 9.84 Å². The standard InChI is InChI=1S/C19H21N3O5S/c1-28(26,27)16-9-10-17(18(12-16)22(24)25)21-11-5-6-14(13-21)19(23)20-15-7-3-2-4-8-15/h2-4,7-10,12,14H,5-6,11,13H2,1H3,(H,20,23). The van der Waals surface area contributed by atoms with E-state index < -0.39 is 14.8 Å². The third-order valence-corrected chi connectivity index (χ3v) is 5.86. The van der Waals surface area contributed by atoms with Crippen LogP contribution in [0, 0.1) is 16.0 Å². The molecule has 0 bridgehead atoms. The van der Waals surface area contributed by atoms with Crippen LogP contribution in [0.4, 0.5) is 17.1 Å². The van der Waals surface area contributed by atoms with Gasteiger partial charge in [0.05, 0.1) is 15.7 Å². The zero-order valence-corrected chi connectivity index (χ0v) is 16.2. The van der Waals surface area contributed by atoms with Gasteiger partial charge in [-0.2, -0.15) is 0 Å². The van der Waals surface area contributed by atoms with Crippen molar-refractivity contribution in [3.05, 3.63) is 58.6 Å². The van der Waals surface area contributed by atoms with Crippen LogP contribution in [0.2, 0.25) is 0 Å². The molecule has 0 spiro atoms. The third kappa shape index (κ3) is 4.48. The Balaban J connectivity index is 1.82. The molecule has 1 aliphatic heterocycles. The molecule has 9 heteroatoms. The Kier molecular flexibility index (Phi) is 5.64. The average Bonchev–Trinajstić information content (AvgIpc) is 2.67. The number of anilines is 2. The highest BCUT2D eigenvalue weighted by Crippen LogP contribution is 2.33. The van der Waals surface area contributed by atoms with E-state index in [1.807, 2.05) is 18.2 Å². The number of hydrogen-bond acceptors (Lipinski definition) is 6. The lowest BCUT2D eigenvalue weighted by Gasteiger charge is -2.33. The number of sulfone groups is 1. The quantitative estimate of drug-likeness (QED) is 0.607. The number of benzene rings is 2. The SMILES string of the molecule is CS(=O)(=O)c1ccc(N2CCCC(C(=O)Nc3ccccc3)C2)c([N+](=O)[O-])c1. The molecular weight excluding hydrogens is 382 g/mol. The van der Waals surface area contributed by atoms with Crippen LogP contribution in [0.1, 0.15) is 12.8 Å². The second-order valence-electron chi connectivity index (χ2n) is 6.82. The summed E-state index contributed by atoms with van der Waals surface area (Å²) >= 11 is 0. The zero-order chi connectivity index (χ0) is 20.3. The van der Waals surface area contributed by atoms with Crippen molar-refractivity contribution in [3.8, 4) is 0 Å². The van der Waals surface area contributed by atoms with Gasteiger partial charge in [0, 0.05) is 31.1 Å². The van der Waals surface area contributed by atoms with Gasteiger partial charge >= 0.3 is 0 Å². The van der Waals surface area contributed by atoms with Crippen molar-refractivity contribution in [2.45, 2.75) is 17.7 Å². The van der Waals surface area contributed by atoms with Gasteiger partial charge in [-0.05, 0) is 37.1 Å². The van der Waals surface area contributed by atoms with Crippen LogP contribution in [0.3, 0.4) is 0 Å². The molecule has 0 aromatic heterocycles. The fourth-order valence-electron chi connectivity index (χ4n) is 3.32. The minimum absolute atomic E-state index is 0.0988. The summed E-state index contributed by atoms with van der Waals surface area (Å²) in [6.07, 6.45) is 2.40. The number of nitrogens with one attached hydrogen (secondary N) is 1. The molecule has 0 aliphatic carbocycles. The maximum absolute atomic E-state index is 12.6. The van der Waals surface area contributed by atoms with Gasteiger partial charge in [-0.15, -0.1) is 0 Å². The molecule has 28 heavy (non-hydrogen) atoms. The number of amides is 1. The second-order valence-corrected chi connectivity index (χ2v) is 8.84. The molecular formula is C19H21N3O5S. The molecule has 0 saturated carbocycles. The first-order valence-electron chi connectivity index (χ1n) is 8.85. The Labute approximate surface area is 163 Å². The largest absolute Gasteiger partial charge is 0.365 e. The van der Waals surface area contributed by atoms with Crippen molar-refractivity contribution in [2.75, 3.05) is 29.6 Å². The molecule has 1 heterocycles. The molecule has 1 aliphatic rings. The van der Waals surface area contributed by atoms with Crippen molar-refractivity contribution in [3.63, 3.8) is 0 Å². The molecule has 2 aromatic rings. The van der Waals surface area contributed by atoms with E-state index in [2.05, 4.69) is 5.32 Å². The van der Waals surface area contributed by atoms with Crippen molar-refractivity contribution < 1.29 is 18.1 Å². The topological polar surface area (TPSA) is 110 Å². The zero-order valence-electron chi connectivity index (χ0n) is 15.4. The van der Waals surface area contributed by atoms with Gasteiger partial charge in [0.2, 0.25) is 5.91 Å². The Morgan fingerprint density at radius 1 is 1.21 bits per heavy atom. The summed E-state index contributed by atoms with van der Waals surface area (Å²) in [6, 6.07) is 13.0. The van der Waals surface area contributed by atoms with E-state index in [-0.39, 0.29) is 22.4 Å². The van der Waals surface area contributed by atoms with Gasteiger partial charge in [-0.25, -0.2) is 8.42 Å². The first kappa shape index (κ1) is 19.8. The molecule has 0 radical (unpaired) electrons. The lowest BCUT2D eigenvalue weighted by Crippen LogP contribution is -2.41. The third-order valence-electron chi connectivity index (χ3n) is 4.75. The van der Waals surface area contributed by atoms with Crippen LogP contribution >= 0.6 is 0 Å². The minimum Gasteiger partial charge on any atom is -0.365 e. The van der Waals surface area contributed by atoms with E-state index in [0.717, 1.165) is 12.3 Å². The van der Waals surface area contributed by atoms with Gasteiger partial charge in [-0.1, -0.05) is 18.2 Å². The normalized spacial score (nSPS) is 17.2. The van der Waals surface area contributed by atoms with Crippen LogP contribution in [-0.4, -0.2) is 38.6 Å². The number of nitrogens with zero attached hydrogens (tertiary/aromatic N) is 2. The second kappa shape index (κ2) is 7.97. The first-order valence-corrected chi connectivity index (χ1v) is 10.7. The van der Waals surface area contributed by atoms with Gasteiger partial charge in [-0.3, -0.25) is 14.9 Å². The number of hydrogen-bond donors (Lipinski definition) is 1. The number of nitro groups is 1. The summed E-state index contributed by atoms with van der Waals surface area (Å²) in [7, 11) is -3.55. The summed E-state index contributed by atoms with van der Waals surface area (Å²) in [5.74, 6) is -0.450. The molecule has 3 rings (SSSR count). The molecule has 8 nitrogen and oxygen atoms in total. The van der Waals surface area contributed by atoms with Crippen LogP contribution in [0.25, 0.3) is 0 Å². The fraction of sp³-hybridized carbons (Fsp3) is 0.316. The summed E-state index contributed by atoms with van der Waals surface area (Å²) in [5, 5.41) is 14.4. The lowest BCUT2D eigenvalue weighted by atomic mass is 9.96. The molecule has 1 N–H and O–H groups in total.